The van der Waals surface area contributed by atoms with Crippen LogP contribution < -0.4 is 14.2 Å². The first kappa shape index (κ1) is 17.0. The molecule has 1 heterocycles. The Kier molecular flexibility index (Phi) is 4.70. The summed E-state index contributed by atoms with van der Waals surface area (Å²) in [6.45, 7) is 4.25. The van der Waals surface area contributed by atoms with E-state index in [4.69, 9.17) is 14.2 Å². The zero-order valence-corrected chi connectivity index (χ0v) is 15.3. The van der Waals surface area contributed by atoms with Crippen LogP contribution in [0.2, 0.25) is 0 Å². The SMILES string of the molecule is COc1cc(-c2cccn2-c2ccc(C)c(C)c2)cc(OC)c1OC. The van der Waals surface area contributed by atoms with Gasteiger partial charge in [0.25, 0.3) is 0 Å². The number of benzene rings is 2. The van der Waals surface area contributed by atoms with Crippen LogP contribution in [0.3, 0.4) is 0 Å². The van der Waals surface area contributed by atoms with E-state index >= 15 is 0 Å². The molecule has 4 nitrogen and oxygen atoms in total. The monoisotopic (exact) mass is 337 g/mol. The number of hydrogen-bond donors (Lipinski definition) is 0. The highest BCUT2D eigenvalue weighted by molar-refractivity contribution is 5.70. The summed E-state index contributed by atoms with van der Waals surface area (Å²) in [6, 6.07) is 14.5. The van der Waals surface area contributed by atoms with E-state index < -0.39 is 0 Å². The van der Waals surface area contributed by atoms with Crippen LogP contribution in [0.25, 0.3) is 16.9 Å². The number of aromatic nitrogens is 1. The van der Waals surface area contributed by atoms with E-state index in [2.05, 4.69) is 48.9 Å². The standard InChI is InChI=1S/C21H23NO3/c1-14-8-9-17(11-15(14)2)22-10-6-7-18(22)16-12-19(23-3)21(25-5)20(13-16)24-4/h6-13H,1-5H3. The van der Waals surface area contributed by atoms with E-state index in [-0.39, 0.29) is 0 Å². The summed E-state index contributed by atoms with van der Waals surface area (Å²) in [7, 11) is 4.87. The van der Waals surface area contributed by atoms with Gasteiger partial charge in [-0.05, 0) is 61.4 Å². The van der Waals surface area contributed by atoms with Crippen molar-refractivity contribution in [3.63, 3.8) is 0 Å². The first-order valence-electron chi connectivity index (χ1n) is 8.14. The van der Waals surface area contributed by atoms with Gasteiger partial charge in [0.2, 0.25) is 5.75 Å². The molecule has 0 saturated heterocycles. The lowest BCUT2D eigenvalue weighted by atomic mass is 10.1. The Morgan fingerprint density at radius 3 is 2.00 bits per heavy atom. The molecule has 0 bridgehead atoms. The Bertz CT molecular complexity index is 871. The second-order valence-corrected chi connectivity index (χ2v) is 5.95. The van der Waals surface area contributed by atoms with Gasteiger partial charge in [-0.25, -0.2) is 0 Å². The second kappa shape index (κ2) is 6.93. The van der Waals surface area contributed by atoms with Crippen molar-refractivity contribution in [3.05, 3.63) is 59.8 Å². The molecule has 0 atom stereocenters. The quantitative estimate of drug-likeness (QED) is 0.671. The van der Waals surface area contributed by atoms with E-state index in [1.807, 2.05) is 18.2 Å². The van der Waals surface area contributed by atoms with Crippen LogP contribution in [-0.4, -0.2) is 25.9 Å². The van der Waals surface area contributed by atoms with Crippen molar-refractivity contribution in [2.75, 3.05) is 21.3 Å². The Balaban J connectivity index is 2.15. The van der Waals surface area contributed by atoms with Crippen LogP contribution in [0, 0.1) is 13.8 Å². The van der Waals surface area contributed by atoms with Crippen molar-refractivity contribution in [3.8, 4) is 34.2 Å². The van der Waals surface area contributed by atoms with Gasteiger partial charge in [0.15, 0.2) is 11.5 Å². The predicted octanol–water partition coefficient (Wildman–Crippen LogP) is 4.79. The number of ether oxygens (including phenoxy) is 3. The average molecular weight is 337 g/mol. The molecule has 3 aromatic rings. The van der Waals surface area contributed by atoms with Crippen molar-refractivity contribution < 1.29 is 14.2 Å². The molecule has 0 radical (unpaired) electrons. The molecule has 0 fully saturated rings. The van der Waals surface area contributed by atoms with Crippen LogP contribution >= 0.6 is 0 Å². The Morgan fingerprint density at radius 2 is 1.44 bits per heavy atom. The van der Waals surface area contributed by atoms with Gasteiger partial charge in [0, 0.05) is 17.4 Å². The van der Waals surface area contributed by atoms with Gasteiger partial charge in [-0.15, -0.1) is 0 Å². The summed E-state index contributed by atoms with van der Waals surface area (Å²) in [6.07, 6.45) is 2.06. The fraction of sp³-hybridized carbons (Fsp3) is 0.238. The van der Waals surface area contributed by atoms with E-state index in [0.29, 0.717) is 17.2 Å². The van der Waals surface area contributed by atoms with Crippen molar-refractivity contribution in [2.24, 2.45) is 0 Å². The molecule has 0 aliphatic heterocycles. The van der Waals surface area contributed by atoms with Gasteiger partial charge in [-0.3, -0.25) is 0 Å². The molecule has 0 saturated carbocycles. The summed E-state index contributed by atoms with van der Waals surface area (Å²) in [5, 5.41) is 0. The smallest absolute Gasteiger partial charge is 0.203 e. The first-order chi connectivity index (χ1) is 12.1. The summed E-state index contributed by atoms with van der Waals surface area (Å²) in [5.41, 5.74) is 5.73. The summed E-state index contributed by atoms with van der Waals surface area (Å²) >= 11 is 0. The van der Waals surface area contributed by atoms with E-state index in [9.17, 15) is 0 Å². The van der Waals surface area contributed by atoms with Gasteiger partial charge >= 0.3 is 0 Å². The fourth-order valence-electron chi connectivity index (χ4n) is 2.95. The Morgan fingerprint density at radius 1 is 0.760 bits per heavy atom. The van der Waals surface area contributed by atoms with Crippen molar-refractivity contribution in [2.45, 2.75) is 13.8 Å². The molecule has 130 valence electrons. The third-order valence-corrected chi connectivity index (χ3v) is 4.48. The van der Waals surface area contributed by atoms with Gasteiger partial charge in [0.05, 0.1) is 27.0 Å². The minimum Gasteiger partial charge on any atom is -0.493 e. The number of aryl methyl sites for hydroxylation is 2. The van der Waals surface area contributed by atoms with Crippen molar-refractivity contribution in [1.29, 1.82) is 0 Å². The lowest BCUT2D eigenvalue weighted by Gasteiger charge is -2.16. The minimum atomic E-state index is 0.595. The van der Waals surface area contributed by atoms with Crippen LogP contribution in [0.4, 0.5) is 0 Å². The first-order valence-corrected chi connectivity index (χ1v) is 8.14. The topological polar surface area (TPSA) is 32.6 Å². The molecule has 0 unspecified atom stereocenters. The predicted molar refractivity (Wildman–Crippen MR) is 100 cm³/mol. The number of hydrogen-bond acceptors (Lipinski definition) is 3. The van der Waals surface area contributed by atoms with Crippen LogP contribution in [0.5, 0.6) is 17.2 Å². The highest BCUT2D eigenvalue weighted by atomic mass is 16.5. The van der Waals surface area contributed by atoms with Gasteiger partial charge in [-0.1, -0.05) is 6.07 Å². The maximum absolute atomic E-state index is 5.48. The van der Waals surface area contributed by atoms with Crippen LogP contribution in [-0.2, 0) is 0 Å². The maximum atomic E-state index is 5.48. The van der Waals surface area contributed by atoms with E-state index in [0.717, 1.165) is 16.9 Å². The molecular weight excluding hydrogens is 314 g/mol. The zero-order valence-electron chi connectivity index (χ0n) is 15.3. The maximum Gasteiger partial charge on any atom is 0.203 e. The average Bonchev–Trinajstić information content (AvgIpc) is 3.12. The van der Waals surface area contributed by atoms with Crippen molar-refractivity contribution >= 4 is 0 Å². The lowest BCUT2D eigenvalue weighted by Crippen LogP contribution is -1.99. The Labute approximate surface area is 148 Å². The number of rotatable bonds is 5. The second-order valence-electron chi connectivity index (χ2n) is 5.95. The van der Waals surface area contributed by atoms with Crippen molar-refractivity contribution in [1.82, 2.24) is 4.57 Å². The normalized spacial score (nSPS) is 10.6. The number of methoxy groups -OCH3 is 3. The van der Waals surface area contributed by atoms with Gasteiger partial charge in [-0.2, -0.15) is 0 Å². The molecule has 0 aliphatic carbocycles. The molecule has 0 aliphatic rings. The van der Waals surface area contributed by atoms with Gasteiger partial charge < -0.3 is 18.8 Å². The third kappa shape index (κ3) is 3.07. The zero-order chi connectivity index (χ0) is 18.0. The molecule has 0 amide bonds. The summed E-state index contributed by atoms with van der Waals surface area (Å²) in [4.78, 5) is 0. The number of nitrogens with zero attached hydrogens (tertiary/aromatic N) is 1. The highest BCUT2D eigenvalue weighted by Gasteiger charge is 2.16. The van der Waals surface area contributed by atoms with Gasteiger partial charge in [0.1, 0.15) is 0 Å². The molecule has 25 heavy (non-hydrogen) atoms. The molecule has 1 aromatic heterocycles. The lowest BCUT2D eigenvalue weighted by molar-refractivity contribution is 0.324. The molecule has 4 heteroatoms. The molecule has 3 rings (SSSR count). The largest absolute Gasteiger partial charge is 0.493 e. The Hall–Kier alpha value is -2.88. The molecular formula is C21H23NO3. The fourth-order valence-corrected chi connectivity index (χ4v) is 2.95. The highest BCUT2D eigenvalue weighted by Crippen LogP contribution is 2.41. The molecule has 0 N–H and O–H groups in total. The van der Waals surface area contributed by atoms with Crippen LogP contribution in [0.15, 0.2) is 48.7 Å². The minimum absolute atomic E-state index is 0.595. The van der Waals surface area contributed by atoms with Crippen LogP contribution in [0.1, 0.15) is 11.1 Å². The van der Waals surface area contributed by atoms with E-state index in [1.54, 1.807) is 21.3 Å². The summed E-state index contributed by atoms with van der Waals surface area (Å²) < 4.78 is 18.5. The third-order valence-electron chi connectivity index (χ3n) is 4.48. The molecule has 0 spiro atoms. The van der Waals surface area contributed by atoms with E-state index in [1.165, 1.54) is 11.1 Å². The molecule has 2 aromatic carbocycles. The summed E-state index contributed by atoms with van der Waals surface area (Å²) in [5.74, 6) is 1.88.